The molecule has 3 aromatic rings. The number of nitrogens with one attached hydrogen (secondary N) is 1. The number of carbonyl (C=O) groups excluding carboxylic acids is 1. The number of carbonyl (C=O) groups is 1. The van der Waals surface area contributed by atoms with Crippen molar-refractivity contribution in [2.45, 2.75) is 6.36 Å². The fourth-order valence-electron chi connectivity index (χ4n) is 2.79. The van der Waals surface area contributed by atoms with Gasteiger partial charge in [0.2, 0.25) is 15.9 Å². The van der Waals surface area contributed by atoms with Gasteiger partial charge in [0.05, 0.1) is 13.4 Å². The molecule has 1 N–H and O–H groups in total. The quantitative estimate of drug-likeness (QED) is 0.540. The SMILES string of the molecule is COc1ncccc1-c1cc(C(=O)NS(C)(=O)=O)ccc1Oc1ccc(OC(F)(F)F)cc1. The van der Waals surface area contributed by atoms with Gasteiger partial charge < -0.3 is 14.2 Å². The molecule has 1 heterocycles. The molecule has 0 bridgehead atoms. The Kier molecular flexibility index (Phi) is 6.77. The van der Waals surface area contributed by atoms with Gasteiger partial charge in [-0.2, -0.15) is 0 Å². The molecule has 0 radical (unpaired) electrons. The van der Waals surface area contributed by atoms with E-state index in [0.717, 1.165) is 18.4 Å². The summed E-state index contributed by atoms with van der Waals surface area (Å²) >= 11 is 0. The number of benzene rings is 2. The van der Waals surface area contributed by atoms with Gasteiger partial charge in [0, 0.05) is 22.9 Å². The number of methoxy groups -OCH3 is 1. The molecule has 3 rings (SSSR count). The Balaban J connectivity index is 2.01. The zero-order chi connectivity index (χ0) is 24.2. The van der Waals surface area contributed by atoms with E-state index >= 15 is 0 Å². The number of pyridine rings is 1. The molecule has 0 aliphatic heterocycles. The number of sulfonamides is 1. The summed E-state index contributed by atoms with van der Waals surface area (Å²) in [5, 5.41) is 0. The number of amides is 1. The molecule has 2 aromatic carbocycles. The van der Waals surface area contributed by atoms with Crippen molar-refractivity contribution in [3.8, 4) is 34.3 Å². The minimum Gasteiger partial charge on any atom is -0.481 e. The van der Waals surface area contributed by atoms with Gasteiger partial charge in [0.15, 0.2) is 0 Å². The molecule has 0 spiro atoms. The van der Waals surface area contributed by atoms with Crippen LogP contribution in [0, 0.1) is 0 Å². The fourth-order valence-corrected chi connectivity index (χ4v) is 3.25. The largest absolute Gasteiger partial charge is 0.573 e. The molecule has 0 saturated heterocycles. The van der Waals surface area contributed by atoms with Gasteiger partial charge in [-0.25, -0.2) is 18.1 Å². The highest BCUT2D eigenvalue weighted by atomic mass is 32.2. The van der Waals surface area contributed by atoms with Gasteiger partial charge in [-0.15, -0.1) is 13.2 Å². The molecular formula is C21H17F3N2O6S. The first kappa shape index (κ1) is 23.9. The van der Waals surface area contributed by atoms with Crippen LogP contribution in [0.2, 0.25) is 0 Å². The van der Waals surface area contributed by atoms with Gasteiger partial charge in [-0.1, -0.05) is 0 Å². The van der Waals surface area contributed by atoms with E-state index in [1.54, 1.807) is 12.1 Å². The van der Waals surface area contributed by atoms with Crippen LogP contribution in [0.15, 0.2) is 60.8 Å². The van der Waals surface area contributed by atoms with Crippen LogP contribution < -0.4 is 18.9 Å². The van der Waals surface area contributed by atoms with Crippen molar-refractivity contribution in [3.63, 3.8) is 0 Å². The van der Waals surface area contributed by atoms with Crippen molar-refractivity contribution in [2.24, 2.45) is 0 Å². The predicted molar refractivity (Wildman–Crippen MR) is 112 cm³/mol. The lowest BCUT2D eigenvalue weighted by molar-refractivity contribution is -0.274. The zero-order valence-corrected chi connectivity index (χ0v) is 18.0. The first-order valence-electron chi connectivity index (χ1n) is 9.14. The number of nitrogens with zero attached hydrogens (tertiary/aromatic N) is 1. The third kappa shape index (κ3) is 6.59. The lowest BCUT2D eigenvalue weighted by Crippen LogP contribution is -2.29. The third-order valence-corrected chi connectivity index (χ3v) is 4.62. The summed E-state index contributed by atoms with van der Waals surface area (Å²) in [7, 11) is -2.40. The summed E-state index contributed by atoms with van der Waals surface area (Å²) in [5.41, 5.74) is 0.778. The molecule has 1 amide bonds. The van der Waals surface area contributed by atoms with Crippen LogP contribution in [-0.4, -0.2) is 39.0 Å². The Morgan fingerprint density at radius 1 is 1.00 bits per heavy atom. The Hall–Kier alpha value is -3.80. The van der Waals surface area contributed by atoms with E-state index in [2.05, 4.69) is 9.72 Å². The van der Waals surface area contributed by atoms with Crippen LogP contribution in [0.25, 0.3) is 11.1 Å². The second-order valence-electron chi connectivity index (χ2n) is 6.60. The standard InChI is InChI=1S/C21H17F3N2O6S/c1-30-20-16(4-3-11-25-20)17-12-13(19(27)26-33(2,28)29)5-10-18(17)31-14-6-8-15(9-7-14)32-21(22,23)24/h3-12H,1-2H3,(H,26,27). The smallest absolute Gasteiger partial charge is 0.481 e. The molecule has 0 aliphatic carbocycles. The summed E-state index contributed by atoms with van der Waals surface area (Å²) in [4.78, 5) is 16.4. The summed E-state index contributed by atoms with van der Waals surface area (Å²) in [5.74, 6) is -0.681. The monoisotopic (exact) mass is 482 g/mol. The topological polar surface area (TPSA) is 104 Å². The number of hydrogen-bond acceptors (Lipinski definition) is 7. The Bertz CT molecular complexity index is 1260. The number of ether oxygens (including phenoxy) is 3. The highest BCUT2D eigenvalue weighted by molar-refractivity contribution is 7.89. The molecule has 33 heavy (non-hydrogen) atoms. The highest BCUT2D eigenvalue weighted by Crippen LogP contribution is 2.38. The van der Waals surface area contributed by atoms with E-state index in [-0.39, 0.29) is 22.9 Å². The molecule has 0 unspecified atom stereocenters. The summed E-state index contributed by atoms with van der Waals surface area (Å²) in [6.07, 6.45) is -2.49. The van der Waals surface area contributed by atoms with E-state index in [0.29, 0.717) is 11.1 Å². The normalized spacial score (nSPS) is 11.5. The lowest BCUT2D eigenvalue weighted by atomic mass is 10.0. The first-order valence-corrected chi connectivity index (χ1v) is 11.0. The van der Waals surface area contributed by atoms with Gasteiger partial charge in [0.25, 0.3) is 5.91 Å². The Labute approximate surface area is 187 Å². The number of hydrogen-bond donors (Lipinski definition) is 1. The number of halogens is 3. The summed E-state index contributed by atoms with van der Waals surface area (Å²) in [6.45, 7) is 0. The first-order chi connectivity index (χ1) is 15.4. The molecule has 174 valence electrons. The second-order valence-corrected chi connectivity index (χ2v) is 8.34. The van der Waals surface area contributed by atoms with Crippen LogP contribution in [0.3, 0.4) is 0 Å². The van der Waals surface area contributed by atoms with E-state index in [1.807, 2.05) is 4.72 Å². The maximum atomic E-state index is 12.4. The molecule has 12 heteroatoms. The average molecular weight is 482 g/mol. The number of rotatable bonds is 7. The van der Waals surface area contributed by atoms with E-state index in [1.165, 1.54) is 43.6 Å². The van der Waals surface area contributed by atoms with Crippen molar-refractivity contribution in [1.29, 1.82) is 0 Å². The van der Waals surface area contributed by atoms with Crippen LogP contribution in [0.4, 0.5) is 13.2 Å². The summed E-state index contributed by atoms with van der Waals surface area (Å²) in [6, 6.07) is 12.1. The highest BCUT2D eigenvalue weighted by Gasteiger charge is 2.31. The van der Waals surface area contributed by atoms with E-state index < -0.39 is 28.0 Å². The molecule has 0 fully saturated rings. The Morgan fingerprint density at radius 3 is 2.27 bits per heavy atom. The van der Waals surface area contributed by atoms with Crippen molar-refractivity contribution in [2.75, 3.05) is 13.4 Å². The fraction of sp³-hybridized carbons (Fsp3) is 0.143. The number of aromatic nitrogens is 1. The molecular weight excluding hydrogens is 465 g/mol. The summed E-state index contributed by atoms with van der Waals surface area (Å²) < 4.78 is 76.7. The van der Waals surface area contributed by atoms with Crippen LogP contribution in [0.5, 0.6) is 23.1 Å². The molecule has 0 atom stereocenters. The third-order valence-electron chi connectivity index (χ3n) is 4.06. The molecule has 1 aromatic heterocycles. The lowest BCUT2D eigenvalue weighted by Gasteiger charge is -2.15. The van der Waals surface area contributed by atoms with Crippen LogP contribution in [0.1, 0.15) is 10.4 Å². The maximum absolute atomic E-state index is 12.4. The zero-order valence-electron chi connectivity index (χ0n) is 17.2. The van der Waals surface area contributed by atoms with Gasteiger partial charge >= 0.3 is 6.36 Å². The van der Waals surface area contributed by atoms with Gasteiger partial charge in [-0.05, 0) is 54.6 Å². The van der Waals surface area contributed by atoms with Crippen molar-refractivity contribution < 1.29 is 40.6 Å². The minimum atomic E-state index is -4.82. The van der Waals surface area contributed by atoms with Gasteiger partial charge in [-0.3, -0.25) is 4.79 Å². The predicted octanol–water partition coefficient (Wildman–Crippen LogP) is 4.14. The average Bonchev–Trinajstić information content (AvgIpc) is 2.73. The Morgan fingerprint density at radius 2 is 1.67 bits per heavy atom. The van der Waals surface area contributed by atoms with Crippen molar-refractivity contribution in [1.82, 2.24) is 9.71 Å². The second kappa shape index (κ2) is 9.36. The van der Waals surface area contributed by atoms with Crippen molar-refractivity contribution in [3.05, 3.63) is 66.4 Å². The molecule has 8 nitrogen and oxygen atoms in total. The van der Waals surface area contributed by atoms with Crippen LogP contribution in [-0.2, 0) is 10.0 Å². The van der Waals surface area contributed by atoms with E-state index in [9.17, 15) is 26.4 Å². The molecule has 0 saturated carbocycles. The maximum Gasteiger partial charge on any atom is 0.573 e. The van der Waals surface area contributed by atoms with E-state index in [4.69, 9.17) is 9.47 Å². The molecule has 0 aliphatic rings. The number of alkyl halides is 3. The minimum absolute atomic E-state index is 0.0163. The van der Waals surface area contributed by atoms with Crippen LogP contribution >= 0.6 is 0 Å². The van der Waals surface area contributed by atoms with Crippen molar-refractivity contribution >= 4 is 15.9 Å². The van der Waals surface area contributed by atoms with Gasteiger partial charge in [0.1, 0.15) is 17.2 Å².